The van der Waals surface area contributed by atoms with Gasteiger partial charge in [-0.15, -0.1) is 6.42 Å². The van der Waals surface area contributed by atoms with Crippen molar-refractivity contribution in [2.24, 2.45) is 0 Å². The third-order valence-electron chi connectivity index (χ3n) is 2.71. The zero-order chi connectivity index (χ0) is 15.0. The molecule has 0 saturated carbocycles. The second-order valence-corrected chi connectivity index (χ2v) is 3.91. The third kappa shape index (κ3) is 4.70. The van der Waals surface area contributed by atoms with E-state index in [1.165, 1.54) is 19.7 Å². The number of hydrogen-bond donors (Lipinski definition) is 0. The van der Waals surface area contributed by atoms with E-state index in [1.807, 2.05) is 30.3 Å². The first-order chi connectivity index (χ1) is 9.72. The average Bonchev–Trinajstić information content (AvgIpc) is 2.89. The molecule has 0 N–H and O–H groups in total. The van der Waals surface area contributed by atoms with Crippen molar-refractivity contribution in [3.05, 3.63) is 42.8 Å². The van der Waals surface area contributed by atoms with E-state index < -0.39 is 18.1 Å². The van der Waals surface area contributed by atoms with Crippen molar-refractivity contribution in [3.8, 4) is 0 Å². The summed E-state index contributed by atoms with van der Waals surface area (Å²) in [4.78, 5) is 24.3. The molecule has 0 aromatic heterocycles. The maximum atomic E-state index is 11.8. The minimum atomic E-state index is -0.631. The van der Waals surface area contributed by atoms with Crippen molar-refractivity contribution in [3.63, 3.8) is 0 Å². The predicted molar refractivity (Wildman–Crippen MR) is 77.2 cm³/mol. The van der Waals surface area contributed by atoms with E-state index >= 15 is 0 Å². The first-order valence-electron chi connectivity index (χ1n) is 5.92. The van der Waals surface area contributed by atoms with E-state index in [0.29, 0.717) is 0 Å². The van der Waals surface area contributed by atoms with Crippen LogP contribution in [0.1, 0.15) is 12.0 Å². The molecule has 1 aliphatic heterocycles. The van der Waals surface area contributed by atoms with E-state index in [1.54, 1.807) is 0 Å². The van der Waals surface area contributed by atoms with E-state index in [4.69, 9.17) is 9.47 Å². The molecule has 0 spiro atoms. The summed E-state index contributed by atoms with van der Waals surface area (Å²) in [6, 6.07) is 8.70. The molecule has 1 aliphatic rings. The molecule has 0 radical (unpaired) electrons. The van der Waals surface area contributed by atoms with Gasteiger partial charge in [0.15, 0.2) is 6.73 Å². The van der Waals surface area contributed by atoms with Crippen molar-refractivity contribution in [2.75, 3.05) is 6.73 Å². The Morgan fingerprint density at radius 3 is 2.70 bits per heavy atom. The normalized spacial score (nSPS) is 17.1. The molecule has 2 rings (SSSR count). The van der Waals surface area contributed by atoms with Crippen LogP contribution in [0.25, 0.3) is 0 Å². The monoisotopic (exact) mass is 439 g/mol. The van der Waals surface area contributed by atoms with Gasteiger partial charge in [-0.1, -0.05) is 30.3 Å². The fourth-order valence-corrected chi connectivity index (χ4v) is 1.70. The van der Waals surface area contributed by atoms with Crippen LogP contribution in [0.2, 0.25) is 0 Å². The second-order valence-electron chi connectivity index (χ2n) is 3.91. The molecule has 1 fully saturated rings. The number of benzene rings is 1. The number of rotatable bonds is 3. The first-order valence-corrected chi connectivity index (χ1v) is 15.0. The predicted octanol–water partition coefficient (Wildman–Crippen LogP) is 2.62. The average molecular weight is 441 g/mol. The van der Waals surface area contributed by atoms with Crippen LogP contribution in [-0.2, 0) is 35.7 Å². The van der Waals surface area contributed by atoms with Crippen molar-refractivity contribution in [1.29, 1.82) is 0 Å². The quantitative estimate of drug-likeness (QED) is 0.314. The van der Waals surface area contributed by atoms with Crippen LogP contribution in [0.5, 0.6) is 0 Å². The van der Waals surface area contributed by atoms with Crippen molar-refractivity contribution in [1.82, 2.24) is 4.90 Å². The van der Waals surface area contributed by atoms with Gasteiger partial charge in [0.25, 0.3) is 0 Å². The molecule has 104 valence electrons. The summed E-state index contributed by atoms with van der Waals surface area (Å²) in [7, 11) is 0. The molecule has 0 aliphatic carbocycles. The van der Waals surface area contributed by atoms with Crippen LogP contribution in [0.4, 0.5) is 4.79 Å². The number of cyclic esters (lactones) is 1. The van der Waals surface area contributed by atoms with Crippen molar-refractivity contribution >= 4 is 31.8 Å². The number of nitrogens with zero attached hydrogens (tertiary/aromatic N) is 1. The summed E-state index contributed by atoms with van der Waals surface area (Å²) < 4.78 is 9.91. The summed E-state index contributed by atoms with van der Waals surface area (Å²) in [5.41, 5.74) is 0.892. The van der Waals surface area contributed by atoms with Gasteiger partial charge in [-0.2, -0.15) is 0 Å². The molecule has 20 heavy (non-hydrogen) atoms. The molecule has 1 amide bonds. The number of esters is 1. The number of carbonyl (C=O) groups is 2. The van der Waals surface area contributed by atoms with E-state index in [0.717, 1.165) is 5.56 Å². The van der Waals surface area contributed by atoms with Gasteiger partial charge in [0.05, 0.1) is 0 Å². The Balaban J connectivity index is 0.000000956. The molecule has 5 nitrogen and oxygen atoms in total. The van der Waals surface area contributed by atoms with Gasteiger partial charge in [0, 0.05) is 0 Å². The van der Waals surface area contributed by atoms with Crippen LogP contribution in [-0.4, -0.2) is 29.7 Å². The SMILES string of the molecule is [CH2-]C[C@H]1C(=O)OCN1C(=O)OCc1ccccc1.[Zn+][I]. The number of halogens is 1. The molecule has 1 aromatic carbocycles. The summed E-state index contributed by atoms with van der Waals surface area (Å²) in [6.07, 6.45) is -0.280. The zero-order valence-corrected chi connectivity index (χ0v) is 16.1. The first kappa shape index (κ1) is 17.4. The molecule has 0 bridgehead atoms. The fraction of sp³-hybridized carbons (Fsp3) is 0.308. The van der Waals surface area contributed by atoms with Crippen LogP contribution in [0.15, 0.2) is 30.3 Å². The van der Waals surface area contributed by atoms with Gasteiger partial charge in [-0.05, 0) is 5.56 Å². The maximum absolute atomic E-state index is 11.8. The Labute approximate surface area is 138 Å². The summed E-state index contributed by atoms with van der Waals surface area (Å²) in [6.45, 7) is 3.73. The number of carbonyl (C=O) groups excluding carboxylic acids is 2. The number of amides is 1. The van der Waals surface area contributed by atoms with Gasteiger partial charge in [-0.25, -0.2) is 9.59 Å². The Morgan fingerprint density at radius 2 is 2.10 bits per heavy atom. The molecule has 1 atom stereocenters. The van der Waals surface area contributed by atoms with Crippen molar-refractivity contribution < 1.29 is 33.9 Å². The van der Waals surface area contributed by atoms with Gasteiger partial charge < -0.3 is 16.4 Å². The minimum absolute atomic E-state index is 0.0629. The molecular weight excluding hydrogens is 426 g/mol. The summed E-state index contributed by atoms with van der Waals surface area (Å²) in [5, 5.41) is 0. The van der Waals surface area contributed by atoms with Crippen LogP contribution in [0.3, 0.4) is 0 Å². The molecule has 1 heterocycles. The Hall–Kier alpha value is -0.687. The van der Waals surface area contributed by atoms with Crippen LogP contribution in [0, 0.1) is 6.92 Å². The Morgan fingerprint density at radius 1 is 1.45 bits per heavy atom. The van der Waals surface area contributed by atoms with Gasteiger partial charge in [-0.3, -0.25) is 4.90 Å². The number of hydrogen-bond acceptors (Lipinski definition) is 4. The standard InChI is InChI=1S/C13H14NO4.HI.Zn/c1-2-11-12(15)18-9-14(11)13(16)17-8-10-6-4-3-5-7-10;;/h3-7,11H,1-2,8-9H2;1H;/q-1;;+2/p-1/t11-;;/m0../s1. The number of ether oxygens (including phenoxy) is 2. The van der Waals surface area contributed by atoms with Crippen LogP contribution < -0.4 is 0 Å². The summed E-state index contributed by atoms with van der Waals surface area (Å²) in [5.74, 6) is -0.429. The molecule has 1 aromatic rings. The molecule has 0 unspecified atom stereocenters. The van der Waals surface area contributed by atoms with E-state index in [2.05, 4.69) is 26.7 Å². The fourth-order valence-electron chi connectivity index (χ4n) is 1.70. The van der Waals surface area contributed by atoms with E-state index in [9.17, 15) is 9.59 Å². The van der Waals surface area contributed by atoms with E-state index in [-0.39, 0.29) is 19.8 Å². The summed E-state index contributed by atoms with van der Waals surface area (Å²) >= 11 is 3.62. The molecule has 1 saturated heterocycles. The molecular formula is C13H14INO4Zn. The Bertz CT molecular complexity index is 443. The van der Waals surface area contributed by atoms with Gasteiger partial charge in [0.2, 0.25) is 0 Å². The Kier molecular flexibility index (Phi) is 8.06. The molecule has 7 heteroatoms. The topological polar surface area (TPSA) is 55.8 Å². The zero-order valence-electron chi connectivity index (χ0n) is 11.0. The van der Waals surface area contributed by atoms with Crippen LogP contribution >= 0.6 is 19.8 Å². The second kappa shape index (κ2) is 9.29. The third-order valence-corrected chi connectivity index (χ3v) is 2.71. The van der Waals surface area contributed by atoms with Gasteiger partial charge >= 0.3 is 46.6 Å². The van der Waals surface area contributed by atoms with Gasteiger partial charge in [0.1, 0.15) is 12.6 Å². The van der Waals surface area contributed by atoms with Crippen molar-refractivity contribution in [2.45, 2.75) is 19.1 Å².